The number of hydrogen-bond acceptors (Lipinski definition) is 5. The fourth-order valence-electron chi connectivity index (χ4n) is 2.76. The normalized spacial score (nSPS) is 21.0. The number of nitrogens with zero attached hydrogens (tertiary/aromatic N) is 2. The molecule has 1 saturated heterocycles. The molecule has 0 aromatic heterocycles. The van der Waals surface area contributed by atoms with E-state index in [4.69, 9.17) is 10.5 Å². The SMILES string of the molecule is CN(CC(N)=O)C[C@@H]1CN(C[C@@H](O)c2ccccc2)CCO1. The van der Waals surface area contributed by atoms with Crippen molar-refractivity contribution in [1.82, 2.24) is 9.80 Å². The van der Waals surface area contributed by atoms with E-state index in [9.17, 15) is 9.90 Å². The number of β-amino-alcohol motifs (C(OH)–C–C–N with tert-alkyl or cyclic N) is 1. The Labute approximate surface area is 131 Å². The third-order valence-corrected chi connectivity index (χ3v) is 3.78. The zero-order valence-electron chi connectivity index (χ0n) is 13.0. The molecular weight excluding hydrogens is 282 g/mol. The molecule has 0 radical (unpaired) electrons. The van der Waals surface area contributed by atoms with Gasteiger partial charge in [0.1, 0.15) is 0 Å². The molecule has 1 aromatic carbocycles. The summed E-state index contributed by atoms with van der Waals surface area (Å²) in [5.41, 5.74) is 6.12. The number of hydrogen-bond donors (Lipinski definition) is 2. The van der Waals surface area contributed by atoms with Crippen LogP contribution in [0.4, 0.5) is 0 Å². The van der Waals surface area contributed by atoms with Crippen molar-refractivity contribution in [3.05, 3.63) is 35.9 Å². The van der Waals surface area contributed by atoms with Gasteiger partial charge < -0.3 is 15.6 Å². The summed E-state index contributed by atoms with van der Waals surface area (Å²) in [6, 6.07) is 9.67. The fraction of sp³-hybridized carbons (Fsp3) is 0.562. The van der Waals surface area contributed by atoms with E-state index in [1.807, 2.05) is 42.3 Å². The van der Waals surface area contributed by atoms with Crippen LogP contribution in [-0.2, 0) is 9.53 Å². The molecule has 122 valence electrons. The first-order valence-electron chi connectivity index (χ1n) is 7.58. The first kappa shape index (κ1) is 16.9. The molecule has 3 N–H and O–H groups in total. The summed E-state index contributed by atoms with van der Waals surface area (Å²) in [6.45, 7) is 3.65. The van der Waals surface area contributed by atoms with Gasteiger partial charge in [0.15, 0.2) is 0 Å². The van der Waals surface area contributed by atoms with E-state index in [2.05, 4.69) is 4.90 Å². The van der Waals surface area contributed by atoms with Crippen molar-refractivity contribution in [2.45, 2.75) is 12.2 Å². The highest BCUT2D eigenvalue weighted by Crippen LogP contribution is 2.16. The molecule has 1 fully saturated rings. The lowest BCUT2D eigenvalue weighted by Gasteiger charge is -2.35. The molecule has 6 heteroatoms. The third-order valence-electron chi connectivity index (χ3n) is 3.78. The Morgan fingerprint density at radius 3 is 2.91 bits per heavy atom. The maximum absolute atomic E-state index is 10.9. The molecule has 2 atom stereocenters. The predicted octanol–water partition coefficient (Wildman–Crippen LogP) is -0.162. The van der Waals surface area contributed by atoms with Crippen LogP contribution in [0.3, 0.4) is 0 Å². The smallest absolute Gasteiger partial charge is 0.231 e. The monoisotopic (exact) mass is 307 g/mol. The number of ether oxygens (including phenoxy) is 1. The van der Waals surface area contributed by atoms with E-state index < -0.39 is 6.10 Å². The Bertz CT molecular complexity index is 469. The third kappa shape index (κ3) is 5.38. The van der Waals surface area contributed by atoms with Crippen molar-refractivity contribution in [1.29, 1.82) is 0 Å². The fourth-order valence-corrected chi connectivity index (χ4v) is 2.76. The minimum absolute atomic E-state index is 0.0288. The lowest BCUT2D eigenvalue weighted by molar-refractivity contribution is -0.119. The van der Waals surface area contributed by atoms with Gasteiger partial charge in [0.05, 0.1) is 25.4 Å². The largest absolute Gasteiger partial charge is 0.387 e. The van der Waals surface area contributed by atoms with Crippen molar-refractivity contribution in [2.75, 3.05) is 46.4 Å². The van der Waals surface area contributed by atoms with Crippen molar-refractivity contribution < 1.29 is 14.6 Å². The number of benzene rings is 1. The Kier molecular flexibility index (Phi) is 6.33. The molecule has 6 nitrogen and oxygen atoms in total. The number of rotatable bonds is 7. The van der Waals surface area contributed by atoms with Gasteiger partial charge in [0.2, 0.25) is 5.91 Å². The van der Waals surface area contributed by atoms with Crippen LogP contribution in [0.25, 0.3) is 0 Å². The van der Waals surface area contributed by atoms with Crippen molar-refractivity contribution in [2.24, 2.45) is 5.73 Å². The van der Waals surface area contributed by atoms with Crippen LogP contribution < -0.4 is 5.73 Å². The van der Waals surface area contributed by atoms with Crippen LogP contribution in [0.15, 0.2) is 30.3 Å². The predicted molar refractivity (Wildman–Crippen MR) is 84.3 cm³/mol. The van der Waals surface area contributed by atoms with Gasteiger partial charge in [-0.05, 0) is 12.6 Å². The van der Waals surface area contributed by atoms with E-state index in [0.29, 0.717) is 19.7 Å². The van der Waals surface area contributed by atoms with E-state index in [1.165, 1.54) is 0 Å². The van der Waals surface area contributed by atoms with Crippen molar-refractivity contribution >= 4 is 5.91 Å². The highest BCUT2D eigenvalue weighted by Gasteiger charge is 2.24. The minimum Gasteiger partial charge on any atom is -0.387 e. The molecule has 2 rings (SSSR count). The maximum atomic E-state index is 10.9. The van der Waals surface area contributed by atoms with E-state index in [0.717, 1.165) is 18.7 Å². The number of primary amides is 1. The topological polar surface area (TPSA) is 79.0 Å². The molecule has 0 saturated carbocycles. The number of aliphatic hydroxyl groups excluding tert-OH is 1. The first-order chi connectivity index (χ1) is 10.5. The summed E-state index contributed by atoms with van der Waals surface area (Å²) < 4.78 is 5.73. The van der Waals surface area contributed by atoms with Crippen LogP contribution in [0.5, 0.6) is 0 Å². The summed E-state index contributed by atoms with van der Waals surface area (Å²) in [4.78, 5) is 15.0. The van der Waals surface area contributed by atoms with E-state index in [-0.39, 0.29) is 18.6 Å². The highest BCUT2D eigenvalue weighted by atomic mass is 16.5. The van der Waals surface area contributed by atoms with Crippen LogP contribution in [0.1, 0.15) is 11.7 Å². The van der Waals surface area contributed by atoms with Gasteiger partial charge in [-0.2, -0.15) is 0 Å². The number of aliphatic hydroxyl groups is 1. The Hall–Kier alpha value is -1.47. The van der Waals surface area contributed by atoms with Gasteiger partial charge in [-0.15, -0.1) is 0 Å². The lowest BCUT2D eigenvalue weighted by atomic mass is 10.1. The number of nitrogens with two attached hydrogens (primary N) is 1. The molecule has 22 heavy (non-hydrogen) atoms. The zero-order valence-corrected chi connectivity index (χ0v) is 13.0. The molecule has 0 bridgehead atoms. The van der Waals surface area contributed by atoms with Gasteiger partial charge in [0, 0.05) is 26.2 Å². The van der Waals surface area contributed by atoms with Crippen molar-refractivity contribution in [3.63, 3.8) is 0 Å². The number of morpholine rings is 1. The van der Waals surface area contributed by atoms with Gasteiger partial charge in [-0.3, -0.25) is 14.6 Å². The maximum Gasteiger partial charge on any atom is 0.231 e. The standard InChI is InChI=1S/C16H25N3O3/c1-18(12-16(17)21)9-14-10-19(7-8-22-14)11-15(20)13-5-3-2-4-6-13/h2-6,14-15,20H,7-12H2,1H3,(H2,17,21)/t14-,15-/m1/s1. The molecule has 1 amide bonds. The number of carbonyl (C=O) groups is 1. The quantitative estimate of drug-likeness (QED) is 0.732. The molecule has 1 aromatic rings. The Morgan fingerprint density at radius 1 is 1.50 bits per heavy atom. The van der Waals surface area contributed by atoms with Gasteiger partial charge >= 0.3 is 0 Å². The molecule has 0 spiro atoms. The first-order valence-corrected chi connectivity index (χ1v) is 7.58. The van der Waals surface area contributed by atoms with Crippen LogP contribution in [-0.4, -0.2) is 73.3 Å². The molecule has 0 aliphatic carbocycles. The number of likely N-dealkylation sites (N-methyl/N-ethyl adjacent to an activating group) is 1. The molecule has 1 heterocycles. The van der Waals surface area contributed by atoms with E-state index >= 15 is 0 Å². The second kappa shape index (κ2) is 8.24. The number of carbonyl (C=O) groups excluding carboxylic acids is 1. The molecule has 1 aliphatic rings. The Morgan fingerprint density at radius 2 is 2.23 bits per heavy atom. The molecule has 0 unspecified atom stereocenters. The minimum atomic E-state index is -0.497. The van der Waals surface area contributed by atoms with E-state index in [1.54, 1.807) is 0 Å². The summed E-state index contributed by atoms with van der Waals surface area (Å²) in [6.07, 6.45) is -0.468. The number of amides is 1. The van der Waals surface area contributed by atoms with Crippen LogP contribution in [0, 0.1) is 0 Å². The van der Waals surface area contributed by atoms with Crippen molar-refractivity contribution in [3.8, 4) is 0 Å². The summed E-state index contributed by atoms with van der Waals surface area (Å²) in [5.74, 6) is -0.338. The van der Waals surface area contributed by atoms with Gasteiger partial charge in [0.25, 0.3) is 0 Å². The Balaban J connectivity index is 1.81. The molecule has 1 aliphatic heterocycles. The molecular formula is C16H25N3O3. The average Bonchev–Trinajstić information content (AvgIpc) is 2.47. The summed E-state index contributed by atoms with van der Waals surface area (Å²) >= 11 is 0. The van der Waals surface area contributed by atoms with Gasteiger partial charge in [-0.25, -0.2) is 0 Å². The second-order valence-corrected chi connectivity index (χ2v) is 5.84. The van der Waals surface area contributed by atoms with Crippen LogP contribution >= 0.6 is 0 Å². The second-order valence-electron chi connectivity index (χ2n) is 5.84. The van der Waals surface area contributed by atoms with Crippen LogP contribution in [0.2, 0.25) is 0 Å². The van der Waals surface area contributed by atoms with Gasteiger partial charge in [-0.1, -0.05) is 30.3 Å². The summed E-state index contributed by atoms with van der Waals surface area (Å²) in [5, 5.41) is 10.3. The average molecular weight is 307 g/mol. The highest BCUT2D eigenvalue weighted by molar-refractivity contribution is 5.75. The summed E-state index contributed by atoms with van der Waals surface area (Å²) in [7, 11) is 1.85. The zero-order chi connectivity index (χ0) is 15.9. The lowest BCUT2D eigenvalue weighted by Crippen LogP contribution is -2.48.